The molecule has 0 saturated carbocycles. The highest BCUT2D eigenvalue weighted by Crippen LogP contribution is 2.21. The van der Waals surface area contributed by atoms with Crippen LogP contribution in [0, 0.1) is 11.3 Å². The molecule has 17 heavy (non-hydrogen) atoms. The third-order valence-corrected chi connectivity index (χ3v) is 2.86. The van der Waals surface area contributed by atoms with Gasteiger partial charge in [-0.3, -0.25) is 0 Å². The summed E-state index contributed by atoms with van der Waals surface area (Å²) in [4.78, 5) is 0. The van der Waals surface area contributed by atoms with Gasteiger partial charge in [0.1, 0.15) is 0 Å². The molecule has 0 bridgehead atoms. The summed E-state index contributed by atoms with van der Waals surface area (Å²) in [6.07, 6.45) is 2.03. The Morgan fingerprint density at radius 1 is 0.941 bits per heavy atom. The second-order valence-electron chi connectivity index (χ2n) is 3.91. The molecule has 0 radical (unpaired) electrons. The molecule has 3 aromatic rings. The maximum atomic E-state index is 8.94. The largest absolute Gasteiger partial charge is 0.317 e. The number of benzene rings is 2. The van der Waals surface area contributed by atoms with E-state index in [2.05, 4.69) is 28.8 Å². The van der Waals surface area contributed by atoms with Gasteiger partial charge in [-0.15, -0.1) is 0 Å². The van der Waals surface area contributed by atoms with Crippen LogP contribution in [0.25, 0.3) is 16.6 Å². The van der Waals surface area contributed by atoms with Crippen LogP contribution < -0.4 is 0 Å². The van der Waals surface area contributed by atoms with Crippen LogP contribution >= 0.6 is 0 Å². The summed E-state index contributed by atoms with van der Waals surface area (Å²) in [5.74, 6) is 0. The molecule has 0 aliphatic rings. The van der Waals surface area contributed by atoms with E-state index in [1.54, 1.807) is 0 Å². The first-order valence-electron chi connectivity index (χ1n) is 5.45. The van der Waals surface area contributed by atoms with Gasteiger partial charge in [-0.2, -0.15) is 5.26 Å². The van der Waals surface area contributed by atoms with Crippen molar-refractivity contribution in [3.8, 4) is 11.8 Å². The third kappa shape index (κ3) is 1.58. The maximum absolute atomic E-state index is 8.94. The van der Waals surface area contributed by atoms with Crippen LogP contribution in [-0.4, -0.2) is 4.57 Å². The summed E-state index contributed by atoms with van der Waals surface area (Å²) in [7, 11) is 0. The van der Waals surface area contributed by atoms with E-state index in [1.165, 1.54) is 0 Å². The fourth-order valence-electron chi connectivity index (χ4n) is 2.01. The molecule has 2 aromatic carbocycles. The molecule has 0 atom stereocenters. The molecular weight excluding hydrogens is 208 g/mol. The molecule has 1 aromatic heterocycles. The SMILES string of the molecule is N#Cc1ccc2ccn(-c3ccccc3)c2c1. The Balaban J connectivity index is 2.28. The predicted octanol–water partition coefficient (Wildman–Crippen LogP) is 3.50. The summed E-state index contributed by atoms with van der Waals surface area (Å²) in [5, 5.41) is 10.1. The van der Waals surface area contributed by atoms with Crippen molar-refractivity contribution in [1.82, 2.24) is 4.57 Å². The number of aromatic nitrogens is 1. The fourth-order valence-corrected chi connectivity index (χ4v) is 2.01. The van der Waals surface area contributed by atoms with E-state index in [4.69, 9.17) is 5.26 Å². The molecule has 0 spiro atoms. The number of hydrogen-bond donors (Lipinski definition) is 0. The van der Waals surface area contributed by atoms with Crippen molar-refractivity contribution in [2.24, 2.45) is 0 Å². The van der Waals surface area contributed by atoms with Crippen LogP contribution in [0.2, 0.25) is 0 Å². The number of para-hydroxylation sites is 1. The summed E-state index contributed by atoms with van der Waals surface area (Å²) in [6.45, 7) is 0. The molecule has 3 rings (SSSR count). The highest BCUT2D eigenvalue weighted by molar-refractivity contribution is 5.83. The molecule has 0 fully saturated rings. The fraction of sp³-hybridized carbons (Fsp3) is 0. The highest BCUT2D eigenvalue weighted by Gasteiger charge is 2.03. The molecule has 0 amide bonds. The van der Waals surface area contributed by atoms with Gasteiger partial charge in [-0.05, 0) is 30.3 Å². The van der Waals surface area contributed by atoms with Crippen LogP contribution in [0.4, 0.5) is 0 Å². The second kappa shape index (κ2) is 3.80. The first-order valence-corrected chi connectivity index (χ1v) is 5.45. The maximum Gasteiger partial charge on any atom is 0.0992 e. The number of hydrogen-bond acceptors (Lipinski definition) is 1. The Labute approximate surface area is 99.3 Å². The molecule has 0 aliphatic carbocycles. The topological polar surface area (TPSA) is 28.7 Å². The van der Waals surface area contributed by atoms with Crippen LogP contribution in [0.1, 0.15) is 5.56 Å². The Hall–Kier alpha value is -2.53. The predicted molar refractivity (Wildman–Crippen MR) is 68.0 cm³/mol. The highest BCUT2D eigenvalue weighted by atomic mass is 15.0. The van der Waals surface area contributed by atoms with Gasteiger partial charge in [0.05, 0.1) is 17.1 Å². The second-order valence-corrected chi connectivity index (χ2v) is 3.91. The van der Waals surface area contributed by atoms with Crippen LogP contribution in [0.5, 0.6) is 0 Å². The molecule has 0 N–H and O–H groups in total. The van der Waals surface area contributed by atoms with Crippen molar-refractivity contribution in [3.05, 3.63) is 66.4 Å². The van der Waals surface area contributed by atoms with Gasteiger partial charge in [0.25, 0.3) is 0 Å². The van der Waals surface area contributed by atoms with E-state index in [0.29, 0.717) is 5.56 Å². The zero-order valence-corrected chi connectivity index (χ0v) is 9.17. The summed E-state index contributed by atoms with van der Waals surface area (Å²) < 4.78 is 2.09. The summed E-state index contributed by atoms with van der Waals surface area (Å²) in [6, 6.07) is 20.1. The van der Waals surface area contributed by atoms with E-state index < -0.39 is 0 Å². The average molecular weight is 218 g/mol. The molecule has 2 heteroatoms. The Bertz CT molecular complexity index is 703. The minimum atomic E-state index is 0.688. The van der Waals surface area contributed by atoms with Crippen molar-refractivity contribution < 1.29 is 0 Å². The van der Waals surface area contributed by atoms with Gasteiger partial charge >= 0.3 is 0 Å². The van der Waals surface area contributed by atoms with Crippen molar-refractivity contribution in [2.45, 2.75) is 0 Å². The monoisotopic (exact) mass is 218 g/mol. The van der Waals surface area contributed by atoms with E-state index in [0.717, 1.165) is 16.6 Å². The number of nitriles is 1. The first-order chi connectivity index (χ1) is 8.38. The average Bonchev–Trinajstić information content (AvgIpc) is 2.82. The minimum Gasteiger partial charge on any atom is -0.317 e. The van der Waals surface area contributed by atoms with E-state index in [-0.39, 0.29) is 0 Å². The van der Waals surface area contributed by atoms with Gasteiger partial charge in [-0.25, -0.2) is 0 Å². The van der Waals surface area contributed by atoms with Crippen molar-refractivity contribution >= 4 is 10.9 Å². The van der Waals surface area contributed by atoms with Gasteiger partial charge in [-0.1, -0.05) is 24.3 Å². The zero-order valence-electron chi connectivity index (χ0n) is 9.17. The number of fused-ring (bicyclic) bond motifs is 1. The molecule has 1 heterocycles. The number of rotatable bonds is 1. The van der Waals surface area contributed by atoms with Crippen LogP contribution in [0.15, 0.2) is 60.8 Å². The number of nitrogens with zero attached hydrogens (tertiary/aromatic N) is 2. The molecule has 2 nitrogen and oxygen atoms in total. The normalized spacial score (nSPS) is 10.3. The zero-order chi connectivity index (χ0) is 11.7. The van der Waals surface area contributed by atoms with E-state index in [9.17, 15) is 0 Å². The quantitative estimate of drug-likeness (QED) is 0.614. The standard InChI is InChI=1S/C15H10N2/c16-11-12-6-7-13-8-9-17(15(13)10-12)14-4-2-1-3-5-14/h1-10H. The third-order valence-electron chi connectivity index (χ3n) is 2.86. The minimum absolute atomic E-state index is 0.688. The molecule has 0 unspecified atom stereocenters. The summed E-state index contributed by atoms with van der Waals surface area (Å²) in [5.41, 5.74) is 2.86. The van der Waals surface area contributed by atoms with Gasteiger partial charge in [0.15, 0.2) is 0 Å². The molecule has 80 valence electrons. The Morgan fingerprint density at radius 2 is 1.76 bits per heavy atom. The Kier molecular flexibility index (Phi) is 2.16. The van der Waals surface area contributed by atoms with Crippen molar-refractivity contribution in [3.63, 3.8) is 0 Å². The summed E-state index contributed by atoms with van der Waals surface area (Å²) >= 11 is 0. The molecule has 0 saturated heterocycles. The lowest BCUT2D eigenvalue weighted by molar-refractivity contribution is 1.13. The van der Waals surface area contributed by atoms with Crippen LogP contribution in [-0.2, 0) is 0 Å². The smallest absolute Gasteiger partial charge is 0.0992 e. The van der Waals surface area contributed by atoms with E-state index >= 15 is 0 Å². The first kappa shape index (κ1) is 9.68. The molecule has 0 aliphatic heterocycles. The van der Waals surface area contributed by atoms with Gasteiger partial charge in [0, 0.05) is 17.3 Å². The van der Waals surface area contributed by atoms with Crippen LogP contribution in [0.3, 0.4) is 0 Å². The lowest BCUT2D eigenvalue weighted by Gasteiger charge is -2.04. The van der Waals surface area contributed by atoms with Gasteiger partial charge in [0.2, 0.25) is 0 Å². The lowest BCUT2D eigenvalue weighted by atomic mass is 10.2. The van der Waals surface area contributed by atoms with Crippen molar-refractivity contribution in [1.29, 1.82) is 5.26 Å². The van der Waals surface area contributed by atoms with Crippen molar-refractivity contribution in [2.75, 3.05) is 0 Å². The molecular formula is C15H10N2. The lowest BCUT2D eigenvalue weighted by Crippen LogP contribution is -1.90. The Morgan fingerprint density at radius 3 is 2.53 bits per heavy atom. The van der Waals surface area contributed by atoms with Gasteiger partial charge < -0.3 is 4.57 Å². The van der Waals surface area contributed by atoms with E-state index in [1.807, 2.05) is 42.6 Å².